The molecule has 1 aliphatic carbocycles. The van der Waals surface area contributed by atoms with Gasteiger partial charge in [-0.25, -0.2) is 0 Å². The van der Waals surface area contributed by atoms with Gasteiger partial charge in [-0.1, -0.05) is 13.3 Å². The van der Waals surface area contributed by atoms with E-state index in [2.05, 4.69) is 4.74 Å². The zero-order valence-electron chi connectivity index (χ0n) is 6.39. The molecule has 2 atom stereocenters. The summed E-state index contributed by atoms with van der Waals surface area (Å²) in [4.78, 5) is 10.9. The standard InChI is InChI=1S/C7H13NO2/c1-3-5-4-7(5,8)6(9)10-2/h5H,3-4,8H2,1-2H3/t5?,7-/m0/s1. The molecule has 1 unspecified atom stereocenters. The van der Waals surface area contributed by atoms with Crippen molar-refractivity contribution in [2.45, 2.75) is 25.3 Å². The SMILES string of the molecule is CCC1C[C@@]1(N)C(=O)OC. The Kier molecular flexibility index (Phi) is 1.68. The smallest absolute Gasteiger partial charge is 0.326 e. The molecule has 0 saturated heterocycles. The minimum atomic E-state index is -0.635. The molecular formula is C7H13NO2. The van der Waals surface area contributed by atoms with Crippen LogP contribution in [0.3, 0.4) is 0 Å². The third-order valence-electron chi connectivity index (χ3n) is 2.21. The van der Waals surface area contributed by atoms with E-state index in [1.807, 2.05) is 6.92 Å². The summed E-state index contributed by atoms with van der Waals surface area (Å²) in [5.74, 6) is 0.0827. The van der Waals surface area contributed by atoms with E-state index in [1.54, 1.807) is 0 Å². The fraction of sp³-hybridized carbons (Fsp3) is 0.857. The molecule has 0 aromatic rings. The van der Waals surface area contributed by atoms with E-state index in [1.165, 1.54) is 7.11 Å². The van der Waals surface area contributed by atoms with Crippen LogP contribution in [0.4, 0.5) is 0 Å². The Labute approximate surface area is 60.5 Å². The molecule has 1 aliphatic rings. The lowest BCUT2D eigenvalue weighted by atomic mass is 10.2. The van der Waals surface area contributed by atoms with Gasteiger partial charge in [-0.3, -0.25) is 4.79 Å². The quantitative estimate of drug-likeness (QED) is 0.565. The van der Waals surface area contributed by atoms with Crippen molar-refractivity contribution in [2.24, 2.45) is 11.7 Å². The first-order chi connectivity index (χ1) is 4.65. The Morgan fingerprint density at radius 3 is 2.80 bits per heavy atom. The van der Waals surface area contributed by atoms with Gasteiger partial charge in [0.05, 0.1) is 7.11 Å². The Morgan fingerprint density at radius 2 is 2.50 bits per heavy atom. The van der Waals surface area contributed by atoms with Crippen molar-refractivity contribution in [1.29, 1.82) is 0 Å². The molecule has 0 aromatic heterocycles. The number of ether oxygens (including phenoxy) is 1. The molecule has 3 nitrogen and oxygen atoms in total. The van der Waals surface area contributed by atoms with Gasteiger partial charge in [0, 0.05) is 0 Å². The van der Waals surface area contributed by atoms with Crippen LogP contribution in [0.15, 0.2) is 0 Å². The molecule has 0 spiro atoms. The van der Waals surface area contributed by atoms with Crippen molar-refractivity contribution in [1.82, 2.24) is 0 Å². The number of carbonyl (C=O) groups is 1. The zero-order valence-corrected chi connectivity index (χ0v) is 6.39. The summed E-state index contributed by atoms with van der Waals surface area (Å²) in [6.07, 6.45) is 1.75. The van der Waals surface area contributed by atoms with E-state index < -0.39 is 5.54 Å². The number of hydrogen-bond acceptors (Lipinski definition) is 3. The Hall–Kier alpha value is -0.570. The second-order valence-electron chi connectivity index (χ2n) is 2.84. The summed E-state index contributed by atoms with van der Waals surface area (Å²) >= 11 is 0. The van der Waals surface area contributed by atoms with Crippen molar-refractivity contribution in [3.63, 3.8) is 0 Å². The number of hydrogen-bond donors (Lipinski definition) is 1. The van der Waals surface area contributed by atoms with Crippen molar-refractivity contribution >= 4 is 5.97 Å². The van der Waals surface area contributed by atoms with Gasteiger partial charge in [-0.05, 0) is 12.3 Å². The first kappa shape index (κ1) is 7.54. The van der Waals surface area contributed by atoms with Crippen LogP contribution in [0.1, 0.15) is 19.8 Å². The fourth-order valence-electron chi connectivity index (χ4n) is 1.30. The average molecular weight is 143 g/mol. The maximum absolute atomic E-state index is 10.9. The molecule has 0 bridgehead atoms. The number of nitrogens with two attached hydrogens (primary N) is 1. The Balaban J connectivity index is 2.50. The normalized spacial score (nSPS) is 37.3. The van der Waals surface area contributed by atoms with Gasteiger partial charge in [0.25, 0.3) is 0 Å². The Morgan fingerprint density at radius 1 is 1.90 bits per heavy atom. The summed E-state index contributed by atoms with van der Waals surface area (Å²) in [6, 6.07) is 0. The summed E-state index contributed by atoms with van der Waals surface area (Å²) in [5, 5.41) is 0. The van der Waals surface area contributed by atoms with Gasteiger partial charge in [-0.2, -0.15) is 0 Å². The minimum absolute atomic E-state index is 0.264. The van der Waals surface area contributed by atoms with Gasteiger partial charge in [-0.15, -0.1) is 0 Å². The molecule has 3 heteroatoms. The van der Waals surface area contributed by atoms with Crippen LogP contribution >= 0.6 is 0 Å². The summed E-state index contributed by atoms with van der Waals surface area (Å²) < 4.78 is 4.55. The average Bonchev–Trinajstić information content (AvgIpc) is 2.61. The number of methoxy groups -OCH3 is 1. The zero-order chi connectivity index (χ0) is 7.78. The lowest BCUT2D eigenvalue weighted by molar-refractivity contribution is -0.143. The lowest BCUT2D eigenvalue weighted by Gasteiger charge is -2.06. The first-order valence-electron chi connectivity index (χ1n) is 3.52. The molecule has 1 saturated carbocycles. The molecule has 0 amide bonds. The molecule has 10 heavy (non-hydrogen) atoms. The number of carbonyl (C=O) groups excluding carboxylic acids is 1. The lowest BCUT2D eigenvalue weighted by Crippen LogP contribution is -2.36. The Bertz CT molecular complexity index is 158. The topological polar surface area (TPSA) is 52.3 Å². The maximum Gasteiger partial charge on any atom is 0.326 e. The third-order valence-corrected chi connectivity index (χ3v) is 2.21. The molecular weight excluding hydrogens is 130 g/mol. The van der Waals surface area contributed by atoms with Crippen LogP contribution in [0.25, 0.3) is 0 Å². The van der Waals surface area contributed by atoms with Crippen LogP contribution < -0.4 is 5.73 Å². The maximum atomic E-state index is 10.9. The monoisotopic (exact) mass is 143 g/mol. The molecule has 0 radical (unpaired) electrons. The van der Waals surface area contributed by atoms with E-state index in [0.29, 0.717) is 5.92 Å². The summed E-state index contributed by atoms with van der Waals surface area (Å²) in [6.45, 7) is 2.03. The van der Waals surface area contributed by atoms with Gasteiger partial charge >= 0.3 is 5.97 Å². The summed E-state index contributed by atoms with van der Waals surface area (Å²) in [7, 11) is 1.38. The van der Waals surface area contributed by atoms with Crippen LogP contribution in [0, 0.1) is 5.92 Å². The van der Waals surface area contributed by atoms with E-state index in [0.717, 1.165) is 12.8 Å². The number of rotatable bonds is 2. The first-order valence-corrected chi connectivity index (χ1v) is 3.52. The second kappa shape index (κ2) is 2.23. The third kappa shape index (κ3) is 0.904. The van der Waals surface area contributed by atoms with Crippen LogP contribution in [0.2, 0.25) is 0 Å². The molecule has 0 aromatic carbocycles. The van der Waals surface area contributed by atoms with Crippen molar-refractivity contribution in [3.05, 3.63) is 0 Å². The highest BCUT2D eigenvalue weighted by molar-refractivity contribution is 5.84. The van der Waals surface area contributed by atoms with Crippen LogP contribution in [-0.4, -0.2) is 18.6 Å². The van der Waals surface area contributed by atoms with Gasteiger partial charge in [0.15, 0.2) is 0 Å². The van der Waals surface area contributed by atoms with Crippen LogP contribution in [-0.2, 0) is 9.53 Å². The molecule has 0 heterocycles. The van der Waals surface area contributed by atoms with Crippen LogP contribution in [0.5, 0.6) is 0 Å². The van der Waals surface area contributed by atoms with E-state index in [-0.39, 0.29) is 5.97 Å². The molecule has 2 N–H and O–H groups in total. The van der Waals surface area contributed by atoms with E-state index in [9.17, 15) is 4.79 Å². The van der Waals surface area contributed by atoms with Gasteiger partial charge in [0.1, 0.15) is 5.54 Å². The molecule has 58 valence electrons. The van der Waals surface area contributed by atoms with Gasteiger partial charge in [0.2, 0.25) is 0 Å². The van der Waals surface area contributed by atoms with Gasteiger partial charge < -0.3 is 10.5 Å². The second-order valence-corrected chi connectivity index (χ2v) is 2.84. The summed E-state index contributed by atoms with van der Waals surface area (Å²) in [5.41, 5.74) is 5.05. The highest BCUT2D eigenvalue weighted by Crippen LogP contribution is 2.43. The predicted molar refractivity (Wildman–Crippen MR) is 37.3 cm³/mol. The van der Waals surface area contributed by atoms with E-state index in [4.69, 9.17) is 5.73 Å². The minimum Gasteiger partial charge on any atom is -0.468 e. The highest BCUT2D eigenvalue weighted by Gasteiger charge is 2.56. The van der Waals surface area contributed by atoms with Crippen molar-refractivity contribution in [3.8, 4) is 0 Å². The molecule has 1 rings (SSSR count). The van der Waals surface area contributed by atoms with Crippen molar-refractivity contribution < 1.29 is 9.53 Å². The molecule has 1 fully saturated rings. The largest absolute Gasteiger partial charge is 0.468 e. The fourth-order valence-corrected chi connectivity index (χ4v) is 1.30. The van der Waals surface area contributed by atoms with Crippen molar-refractivity contribution in [2.75, 3.05) is 7.11 Å². The predicted octanol–water partition coefficient (Wildman–Crippen LogP) is 0.287. The molecule has 0 aliphatic heterocycles. The highest BCUT2D eigenvalue weighted by atomic mass is 16.5. The van der Waals surface area contributed by atoms with E-state index >= 15 is 0 Å². The number of esters is 1.